The van der Waals surface area contributed by atoms with Crippen LogP contribution >= 0.6 is 11.8 Å². The Hall–Kier alpha value is -0.710. The number of unbranched alkanes of at least 4 members (excludes halogenated alkanes) is 1. The number of rotatable bonds is 6. The van der Waals surface area contributed by atoms with Crippen LogP contribution < -0.4 is 11.1 Å². The van der Waals surface area contributed by atoms with E-state index < -0.39 is 0 Å². The molecule has 5 heteroatoms. The van der Waals surface area contributed by atoms with E-state index in [0.29, 0.717) is 17.1 Å². The van der Waals surface area contributed by atoms with Crippen LogP contribution in [0, 0.1) is 5.41 Å². The first-order chi connectivity index (χ1) is 8.37. The Balaban J connectivity index is 2.09. The molecule has 1 amide bonds. The third kappa shape index (κ3) is 6.89. The maximum absolute atomic E-state index is 10.6. The highest BCUT2D eigenvalue weighted by Gasteiger charge is 2.24. The molecule has 1 unspecified atom stereocenters. The fourth-order valence-corrected chi connectivity index (χ4v) is 3.31. The summed E-state index contributed by atoms with van der Waals surface area (Å²) in [5, 5.41) is 5.00. The van der Waals surface area contributed by atoms with Gasteiger partial charge in [0.05, 0.1) is 6.54 Å². The number of nitrogens with one attached hydrogen (secondary N) is 1. The summed E-state index contributed by atoms with van der Waals surface area (Å²) in [5.41, 5.74) is 5.45. The molecule has 18 heavy (non-hydrogen) atoms. The lowest BCUT2D eigenvalue weighted by atomic mass is 9.90. The molecule has 0 aliphatic carbocycles. The van der Waals surface area contributed by atoms with Crippen molar-refractivity contribution in [2.75, 3.05) is 13.1 Å². The van der Waals surface area contributed by atoms with Gasteiger partial charge in [-0.1, -0.05) is 32.5 Å². The van der Waals surface area contributed by atoms with Crippen LogP contribution in [-0.4, -0.2) is 29.4 Å². The van der Waals surface area contributed by atoms with E-state index in [1.54, 1.807) is 0 Å². The number of hydrogen-bond acceptors (Lipinski definition) is 4. The largest absolute Gasteiger partial charge is 0.370 e. The number of nitrogens with zero attached hydrogens (tertiary/aromatic N) is 1. The quantitative estimate of drug-likeness (QED) is 0.727. The second-order valence-corrected chi connectivity index (χ2v) is 7.29. The van der Waals surface area contributed by atoms with Crippen LogP contribution in [0.2, 0.25) is 0 Å². The Morgan fingerprint density at radius 1 is 1.50 bits per heavy atom. The van der Waals surface area contributed by atoms with Gasteiger partial charge in [-0.2, -0.15) is 0 Å². The van der Waals surface area contributed by atoms with Gasteiger partial charge in [-0.15, -0.1) is 0 Å². The van der Waals surface area contributed by atoms with Gasteiger partial charge >= 0.3 is 0 Å². The standard InChI is InChI=1S/C13H25N3OS/c1-13(2,3)8-10-9-16-12(18-10)15-7-5-4-6-11(14)17/h10H,4-9H2,1-3H3,(H2,14,17)(H,15,16). The predicted octanol–water partition coefficient (Wildman–Crippen LogP) is 2.14. The van der Waals surface area contributed by atoms with Gasteiger partial charge in [0.15, 0.2) is 5.17 Å². The van der Waals surface area contributed by atoms with Crippen LogP contribution in [0.15, 0.2) is 4.99 Å². The molecule has 104 valence electrons. The lowest BCUT2D eigenvalue weighted by Crippen LogP contribution is -2.22. The highest BCUT2D eigenvalue weighted by molar-refractivity contribution is 8.14. The van der Waals surface area contributed by atoms with Crippen molar-refractivity contribution in [2.24, 2.45) is 16.1 Å². The molecule has 1 aliphatic rings. The molecule has 0 saturated carbocycles. The van der Waals surface area contributed by atoms with Crippen molar-refractivity contribution in [3.8, 4) is 0 Å². The SMILES string of the molecule is CC(C)(C)CC1CN=C(NCCCCC(N)=O)S1. The number of carbonyl (C=O) groups excluding carboxylic acids is 1. The number of amidine groups is 1. The van der Waals surface area contributed by atoms with Gasteiger partial charge in [-0.3, -0.25) is 9.79 Å². The van der Waals surface area contributed by atoms with Gasteiger partial charge < -0.3 is 11.1 Å². The van der Waals surface area contributed by atoms with E-state index in [4.69, 9.17) is 5.73 Å². The first-order valence-corrected chi connectivity index (χ1v) is 7.48. The molecule has 0 bridgehead atoms. The van der Waals surface area contributed by atoms with Gasteiger partial charge in [-0.05, 0) is 24.7 Å². The molecule has 0 radical (unpaired) electrons. The zero-order chi connectivity index (χ0) is 13.6. The molecule has 0 saturated heterocycles. The van der Waals surface area contributed by atoms with E-state index in [9.17, 15) is 4.79 Å². The molecule has 1 rings (SSSR count). The van der Waals surface area contributed by atoms with E-state index in [0.717, 1.165) is 31.1 Å². The summed E-state index contributed by atoms with van der Waals surface area (Å²) in [4.78, 5) is 15.1. The number of thioether (sulfide) groups is 1. The molecule has 1 atom stereocenters. The predicted molar refractivity (Wildman–Crippen MR) is 78.8 cm³/mol. The topological polar surface area (TPSA) is 67.5 Å². The van der Waals surface area contributed by atoms with Crippen molar-refractivity contribution in [1.29, 1.82) is 0 Å². The minimum Gasteiger partial charge on any atom is -0.370 e. The van der Waals surface area contributed by atoms with Crippen LogP contribution in [0.1, 0.15) is 46.5 Å². The summed E-state index contributed by atoms with van der Waals surface area (Å²) in [6, 6.07) is 0. The minimum absolute atomic E-state index is 0.215. The molecule has 0 spiro atoms. The summed E-state index contributed by atoms with van der Waals surface area (Å²) in [6.07, 6.45) is 3.49. The fourth-order valence-electron chi connectivity index (χ4n) is 1.92. The number of carbonyl (C=O) groups is 1. The molecular weight excluding hydrogens is 246 g/mol. The zero-order valence-corrected chi connectivity index (χ0v) is 12.5. The third-order valence-electron chi connectivity index (χ3n) is 2.68. The average molecular weight is 271 g/mol. The van der Waals surface area contributed by atoms with Crippen molar-refractivity contribution < 1.29 is 4.79 Å². The van der Waals surface area contributed by atoms with Gasteiger partial charge in [-0.25, -0.2) is 0 Å². The van der Waals surface area contributed by atoms with E-state index >= 15 is 0 Å². The molecule has 3 N–H and O–H groups in total. The second kappa shape index (κ2) is 7.02. The first kappa shape index (κ1) is 15.3. The molecule has 1 heterocycles. The molecule has 1 aliphatic heterocycles. The number of aliphatic imine (C=N–C) groups is 1. The molecule has 4 nitrogen and oxygen atoms in total. The average Bonchev–Trinajstić information content (AvgIpc) is 2.62. The van der Waals surface area contributed by atoms with Gasteiger partial charge in [0.2, 0.25) is 5.91 Å². The molecule has 0 aromatic heterocycles. The lowest BCUT2D eigenvalue weighted by molar-refractivity contribution is -0.118. The van der Waals surface area contributed by atoms with E-state index in [1.807, 2.05) is 11.8 Å². The first-order valence-electron chi connectivity index (χ1n) is 6.60. The monoisotopic (exact) mass is 271 g/mol. The number of primary amides is 1. The van der Waals surface area contributed by atoms with Crippen molar-refractivity contribution in [3.05, 3.63) is 0 Å². The third-order valence-corrected chi connectivity index (χ3v) is 3.83. The Labute approximate surface area is 114 Å². The smallest absolute Gasteiger partial charge is 0.217 e. The normalized spacial score (nSPS) is 19.7. The van der Waals surface area contributed by atoms with Crippen LogP contribution in [0.25, 0.3) is 0 Å². The summed E-state index contributed by atoms with van der Waals surface area (Å²) in [5.74, 6) is -0.215. The highest BCUT2D eigenvalue weighted by Crippen LogP contribution is 2.31. The Kier molecular flexibility index (Phi) is 5.99. The van der Waals surface area contributed by atoms with Gasteiger partial charge in [0, 0.05) is 18.2 Å². The van der Waals surface area contributed by atoms with Crippen molar-refractivity contribution >= 4 is 22.8 Å². The summed E-state index contributed by atoms with van der Waals surface area (Å²) >= 11 is 1.85. The zero-order valence-electron chi connectivity index (χ0n) is 11.7. The number of amides is 1. The summed E-state index contributed by atoms with van der Waals surface area (Å²) < 4.78 is 0. The van der Waals surface area contributed by atoms with Crippen molar-refractivity contribution in [2.45, 2.75) is 51.7 Å². The Bertz CT molecular complexity index is 310. The Morgan fingerprint density at radius 3 is 2.83 bits per heavy atom. The maximum Gasteiger partial charge on any atom is 0.217 e. The number of nitrogens with two attached hydrogens (primary N) is 1. The molecule has 0 aromatic rings. The number of hydrogen-bond donors (Lipinski definition) is 2. The van der Waals surface area contributed by atoms with E-state index in [2.05, 4.69) is 31.1 Å². The van der Waals surface area contributed by atoms with Crippen LogP contribution in [0.3, 0.4) is 0 Å². The van der Waals surface area contributed by atoms with Gasteiger partial charge in [0.25, 0.3) is 0 Å². The summed E-state index contributed by atoms with van der Waals surface area (Å²) in [6.45, 7) is 8.60. The van der Waals surface area contributed by atoms with E-state index in [1.165, 1.54) is 6.42 Å². The lowest BCUT2D eigenvalue weighted by Gasteiger charge is -2.21. The van der Waals surface area contributed by atoms with Crippen molar-refractivity contribution in [3.63, 3.8) is 0 Å². The van der Waals surface area contributed by atoms with Crippen LogP contribution in [0.5, 0.6) is 0 Å². The fraction of sp³-hybridized carbons (Fsp3) is 0.846. The highest BCUT2D eigenvalue weighted by atomic mass is 32.2. The Morgan fingerprint density at radius 2 is 2.22 bits per heavy atom. The second-order valence-electron chi connectivity index (χ2n) is 6.00. The molecular formula is C13H25N3OS. The molecule has 0 aromatic carbocycles. The maximum atomic E-state index is 10.6. The van der Waals surface area contributed by atoms with Gasteiger partial charge in [0.1, 0.15) is 0 Å². The van der Waals surface area contributed by atoms with E-state index in [-0.39, 0.29) is 5.91 Å². The van der Waals surface area contributed by atoms with Crippen molar-refractivity contribution in [1.82, 2.24) is 5.32 Å². The van der Waals surface area contributed by atoms with Crippen LogP contribution in [0.4, 0.5) is 0 Å². The van der Waals surface area contributed by atoms with Crippen LogP contribution in [-0.2, 0) is 4.79 Å². The summed E-state index contributed by atoms with van der Waals surface area (Å²) in [7, 11) is 0. The minimum atomic E-state index is -0.215. The molecule has 0 fully saturated rings.